The molecule has 0 saturated carbocycles. The molecule has 0 fully saturated rings. The minimum absolute atomic E-state index is 0.171. The van der Waals surface area contributed by atoms with Crippen molar-refractivity contribution in [2.75, 3.05) is 24.8 Å². The second kappa shape index (κ2) is 9.00. The summed E-state index contributed by atoms with van der Waals surface area (Å²) in [4.78, 5) is 16.3. The Bertz CT molecular complexity index is 1120. The van der Waals surface area contributed by atoms with Gasteiger partial charge in [-0.1, -0.05) is 0 Å². The second-order valence-corrected chi connectivity index (χ2v) is 8.36. The number of nitrogens with zero attached hydrogens (tertiary/aromatic N) is 2. The Morgan fingerprint density at radius 3 is 2.30 bits per heavy atom. The Kier molecular flexibility index (Phi) is 6.41. The monoisotopic (exact) mass is 429 g/mol. The fourth-order valence-electron chi connectivity index (χ4n) is 2.95. The molecule has 0 aliphatic rings. The number of carbonyl (C=O) groups is 1. The van der Waals surface area contributed by atoms with Gasteiger partial charge in [-0.25, -0.2) is 13.4 Å². The van der Waals surface area contributed by atoms with Gasteiger partial charge in [0.2, 0.25) is 20.9 Å². The van der Waals surface area contributed by atoms with Crippen LogP contribution in [0.1, 0.15) is 6.92 Å². The Labute approximate surface area is 175 Å². The molecule has 2 aromatic carbocycles. The number of nitrogens with one attached hydrogen (secondary N) is 1. The summed E-state index contributed by atoms with van der Waals surface area (Å²) in [6.45, 7) is 2.41. The van der Waals surface area contributed by atoms with Crippen LogP contribution in [0.5, 0.6) is 11.5 Å². The van der Waals surface area contributed by atoms with Crippen LogP contribution in [0.25, 0.3) is 11.3 Å². The first-order valence-corrected chi connectivity index (χ1v) is 10.9. The van der Waals surface area contributed by atoms with Crippen LogP contribution in [-0.4, -0.2) is 43.3 Å². The fourth-order valence-corrected chi connectivity index (χ4v) is 4.22. The number of rotatable bonds is 8. The van der Waals surface area contributed by atoms with E-state index >= 15 is 0 Å². The van der Waals surface area contributed by atoms with Crippen LogP contribution in [0.4, 0.5) is 5.69 Å². The number of anilines is 1. The maximum Gasteiger partial charge on any atom is 0.240 e. The van der Waals surface area contributed by atoms with Gasteiger partial charge < -0.3 is 19.4 Å². The summed E-state index contributed by atoms with van der Waals surface area (Å²) >= 11 is 0. The highest BCUT2D eigenvalue weighted by molar-refractivity contribution is 7.92. The lowest BCUT2D eigenvalue weighted by atomic mass is 10.1. The van der Waals surface area contributed by atoms with Crippen LogP contribution >= 0.6 is 0 Å². The summed E-state index contributed by atoms with van der Waals surface area (Å²) in [5, 5.41) is 2.41. The van der Waals surface area contributed by atoms with Crippen molar-refractivity contribution in [1.82, 2.24) is 9.55 Å². The fraction of sp³-hybridized carbons (Fsp3) is 0.238. The van der Waals surface area contributed by atoms with E-state index < -0.39 is 21.5 Å². The number of methoxy groups -OCH3 is 1. The van der Waals surface area contributed by atoms with Crippen LogP contribution in [0.3, 0.4) is 0 Å². The highest BCUT2D eigenvalue weighted by atomic mass is 32.2. The number of carbonyl (C=O) groups excluding carboxylic acids is 1. The van der Waals surface area contributed by atoms with Crippen molar-refractivity contribution in [3.05, 3.63) is 54.7 Å². The molecule has 1 aromatic heterocycles. The van der Waals surface area contributed by atoms with E-state index in [1.807, 2.05) is 19.1 Å². The zero-order valence-corrected chi connectivity index (χ0v) is 17.8. The van der Waals surface area contributed by atoms with Gasteiger partial charge in [0.25, 0.3) is 0 Å². The molecule has 1 amide bonds. The largest absolute Gasteiger partial charge is 0.497 e. The highest BCUT2D eigenvalue weighted by Crippen LogP contribution is 2.24. The summed E-state index contributed by atoms with van der Waals surface area (Å²) in [5.41, 5.74) is 1.88. The molecule has 0 radical (unpaired) electrons. The minimum atomic E-state index is -3.94. The second-order valence-electron chi connectivity index (χ2n) is 6.48. The summed E-state index contributed by atoms with van der Waals surface area (Å²) in [7, 11) is -0.764. The SMILES string of the molecule is CCOc1ccc(NC(=O)CS(=O)(=O)c2ncc(-c3ccc(OC)cc3)n2C)cc1. The van der Waals surface area contributed by atoms with Gasteiger partial charge in [-0.05, 0) is 55.5 Å². The molecule has 3 rings (SSSR count). The number of amides is 1. The summed E-state index contributed by atoms with van der Waals surface area (Å²) in [6.07, 6.45) is 1.47. The van der Waals surface area contributed by atoms with Crippen molar-refractivity contribution in [2.24, 2.45) is 7.05 Å². The van der Waals surface area contributed by atoms with E-state index in [4.69, 9.17) is 9.47 Å². The maximum atomic E-state index is 12.8. The van der Waals surface area contributed by atoms with Crippen molar-refractivity contribution in [3.8, 4) is 22.8 Å². The number of aromatic nitrogens is 2. The molecule has 158 valence electrons. The van der Waals surface area contributed by atoms with E-state index in [9.17, 15) is 13.2 Å². The summed E-state index contributed by atoms with van der Waals surface area (Å²) in [5.74, 6) is 0.00250. The molecule has 0 bridgehead atoms. The molecule has 8 nitrogen and oxygen atoms in total. The van der Waals surface area contributed by atoms with E-state index in [0.29, 0.717) is 29.5 Å². The molecule has 1 N–H and O–H groups in total. The van der Waals surface area contributed by atoms with Crippen molar-refractivity contribution in [3.63, 3.8) is 0 Å². The van der Waals surface area contributed by atoms with E-state index in [-0.39, 0.29) is 5.16 Å². The number of sulfone groups is 1. The van der Waals surface area contributed by atoms with Gasteiger partial charge in [-0.2, -0.15) is 0 Å². The summed E-state index contributed by atoms with van der Waals surface area (Å²) < 4.78 is 37.4. The minimum Gasteiger partial charge on any atom is -0.497 e. The average molecular weight is 429 g/mol. The topological polar surface area (TPSA) is 99.5 Å². The molecular weight excluding hydrogens is 406 g/mol. The Morgan fingerprint density at radius 1 is 1.07 bits per heavy atom. The molecule has 9 heteroatoms. The predicted molar refractivity (Wildman–Crippen MR) is 113 cm³/mol. The first-order valence-electron chi connectivity index (χ1n) is 9.25. The third-order valence-corrected chi connectivity index (χ3v) is 5.96. The van der Waals surface area contributed by atoms with Gasteiger partial charge >= 0.3 is 0 Å². The van der Waals surface area contributed by atoms with E-state index in [2.05, 4.69) is 10.3 Å². The Hall–Kier alpha value is -3.33. The number of imidazole rings is 1. The van der Waals surface area contributed by atoms with Crippen molar-refractivity contribution in [2.45, 2.75) is 12.1 Å². The molecule has 0 aliphatic heterocycles. The van der Waals surface area contributed by atoms with Crippen molar-refractivity contribution in [1.29, 1.82) is 0 Å². The van der Waals surface area contributed by atoms with Crippen LogP contribution in [-0.2, 0) is 21.7 Å². The standard InChI is InChI=1S/C21H23N3O5S/c1-4-29-18-11-7-16(8-12-18)23-20(25)14-30(26,27)21-22-13-19(24(21)2)15-5-9-17(28-3)10-6-15/h5-13H,4,14H2,1-3H3,(H,23,25). The van der Waals surface area contributed by atoms with Crippen molar-refractivity contribution < 1.29 is 22.7 Å². The number of hydrogen-bond donors (Lipinski definition) is 1. The maximum absolute atomic E-state index is 12.8. The number of hydrogen-bond acceptors (Lipinski definition) is 6. The van der Waals surface area contributed by atoms with Gasteiger partial charge in [0.15, 0.2) is 0 Å². The van der Waals surface area contributed by atoms with Crippen LogP contribution in [0.2, 0.25) is 0 Å². The van der Waals surface area contributed by atoms with Gasteiger partial charge in [0, 0.05) is 18.3 Å². The van der Waals surface area contributed by atoms with E-state index in [0.717, 1.165) is 5.56 Å². The molecule has 3 aromatic rings. The number of ether oxygens (including phenoxy) is 2. The first-order chi connectivity index (χ1) is 14.3. The Balaban J connectivity index is 1.73. The molecule has 0 spiro atoms. The molecule has 0 saturated heterocycles. The lowest BCUT2D eigenvalue weighted by molar-refractivity contribution is -0.113. The molecule has 1 heterocycles. The third-order valence-electron chi connectivity index (χ3n) is 4.38. The normalized spacial score (nSPS) is 11.2. The molecule has 0 atom stereocenters. The molecule has 0 aliphatic carbocycles. The van der Waals surface area contributed by atoms with Gasteiger partial charge in [-0.3, -0.25) is 4.79 Å². The zero-order chi connectivity index (χ0) is 21.7. The smallest absolute Gasteiger partial charge is 0.240 e. The molecule has 0 unspecified atom stereocenters. The van der Waals surface area contributed by atoms with Gasteiger partial charge in [-0.15, -0.1) is 0 Å². The van der Waals surface area contributed by atoms with Crippen molar-refractivity contribution >= 4 is 21.4 Å². The quantitative estimate of drug-likeness (QED) is 0.591. The predicted octanol–water partition coefficient (Wildman–Crippen LogP) is 2.91. The van der Waals surface area contributed by atoms with Crippen LogP contribution in [0, 0.1) is 0 Å². The van der Waals surface area contributed by atoms with Gasteiger partial charge in [0.05, 0.1) is 25.6 Å². The third kappa shape index (κ3) is 4.80. The van der Waals surface area contributed by atoms with Crippen LogP contribution < -0.4 is 14.8 Å². The van der Waals surface area contributed by atoms with E-state index in [1.54, 1.807) is 50.6 Å². The zero-order valence-electron chi connectivity index (χ0n) is 17.0. The summed E-state index contributed by atoms with van der Waals surface area (Å²) in [6, 6.07) is 13.9. The van der Waals surface area contributed by atoms with Crippen LogP contribution in [0.15, 0.2) is 59.9 Å². The first kappa shape index (κ1) is 21.4. The average Bonchev–Trinajstić information content (AvgIpc) is 3.11. The lowest BCUT2D eigenvalue weighted by Crippen LogP contribution is -2.24. The Morgan fingerprint density at radius 2 is 1.70 bits per heavy atom. The van der Waals surface area contributed by atoms with Gasteiger partial charge in [0.1, 0.15) is 17.3 Å². The number of benzene rings is 2. The van der Waals surface area contributed by atoms with E-state index in [1.165, 1.54) is 10.8 Å². The molecular formula is C21H23N3O5S. The lowest BCUT2D eigenvalue weighted by Gasteiger charge is -2.09. The molecule has 30 heavy (non-hydrogen) atoms. The highest BCUT2D eigenvalue weighted by Gasteiger charge is 2.25.